The van der Waals surface area contributed by atoms with Crippen LogP contribution in [-0.2, 0) is 12.8 Å². The zero-order chi connectivity index (χ0) is 39.8. The minimum absolute atomic E-state index is 0.105. The first-order chi connectivity index (χ1) is 29.8. The van der Waals surface area contributed by atoms with Crippen LogP contribution in [0.4, 0.5) is 28.4 Å². The predicted molar refractivity (Wildman–Crippen MR) is 255 cm³/mol. The van der Waals surface area contributed by atoms with E-state index in [9.17, 15) is 0 Å². The molecule has 2 aliphatic rings. The van der Waals surface area contributed by atoms with Gasteiger partial charge in [0.2, 0.25) is 0 Å². The summed E-state index contributed by atoms with van der Waals surface area (Å²) in [5.41, 5.74) is 15.2. The van der Waals surface area contributed by atoms with E-state index in [2.05, 4.69) is 240 Å². The molecule has 0 spiro atoms. The van der Waals surface area contributed by atoms with Gasteiger partial charge in [0.05, 0.1) is 6.04 Å². The molecule has 0 heterocycles. The smallest absolute Gasteiger partial charge is 0.0566 e. The van der Waals surface area contributed by atoms with E-state index in [0.717, 1.165) is 29.9 Å². The van der Waals surface area contributed by atoms with E-state index in [1.807, 2.05) is 0 Å². The fourth-order valence-electron chi connectivity index (χ4n) is 9.78. The van der Waals surface area contributed by atoms with Crippen molar-refractivity contribution < 1.29 is 0 Å². The minimum Gasteiger partial charge on any atom is -0.334 e. The van der Waals surface area contributed by atoms with Gasteiger partial charge in [0.15, 0.2) is 0 Å². The average molecular weight is 769 g/mol. The molecule has 0 bridgehead atoms. The number of allylic oxidation sites excluding steroid dienone is 1. The molecule has 0 N–H and O–H groups in total. The van der Waals surface area contributed by atoms with Gasteiger partial charge in [0.25, 0.3) is 0 Å². The molecule has 0 aromatic heterocycles. The largest absolute Gasteiger partial charge is 0.334 e. The van der Waals surface area contributed by atoms with Crippen molar-refractivity contribution in [2.45, 2.75) is 24.8 Å². The normalized spacial score (nSPS) is 15.4. The second-order valence-corrected chi connectivity index (χ2v) is 16.0. The van der Waals surface area contributed by atoms with Gasteiger partial charge in [0.1, 0.15) is 0 Å². The second kappa shape index (κ2) is 15.4. The van der Waals surface area contributed by atoms with E-state index >= 15 is 0 Å². The van der Waals surface area contributed by atoms with Gasteiger partial charge < -0.3 is 9.80 Å². The summed E-state index contributed by atoms with van der Waals surface area (Å²) in [5, 5.41) is 5.08. The van der Waals surface area contributed by atoms with Gasteiger partial charge in [-0.05, 0) is 140 Å². The minimum atomic E-state index is 0.105. The fraction of sp³-hybridized carbons (Fsp3) is 0.0690. The highest BCUT2D eigenvalue weighted by Gasteiger charge is 2.31. The van der Waals surface area contributed by atoms with E-state index < -0.39 is 0 Å². The maximum atomic E-state index is 2.52. The summed E-state index contributed by atoms with van der Waals surface area (Å²) < 4.78 is 0. The van der Waals surface area contributed by atoms with E-state index in [-0.39, 0.29) is 12.0 Å². The van der Waals surface area contributed by atoms with Crippen molar-refractivity contribution >= 4 is 62.1 Å². The standard InChI is InChI=1S/C58H44N2/c1-5-21-47(22-6-1)59(48-23-7-2-8-24-48)51-33-35-53-55(39-51)57(45-31-29-41-17-13-15-19-43(41)37-45)54-36-34-52(60(49-25-9-3-10-26-49)50-27-11-4-12-28-50)40-56(54)58(53)46-32-30-42-18-14-16-20-44(42)38-46/h1-37,39,46,52H,38,40H2. The molecule has 286 valence electrons. The molecule has 9 aromatic rings. The van der Waals surface area contributed by atoms with Crippen LogP contribution >= 0.6 is 0 Å². The van der Waals surface area contributed by atoms with Gasteiger partial charge in [-0.1, -0.05) is 164 Å². The summed E-state index contributed by atoms with van der Waals surface area (Å²) in [6.45, 7) is 0. The van der Waals surface area contributed by atoms with Crippen LogP contribution in [0, 0.1) is 0 Å². The maximum absolute atomic E-state index is 2.52. The van der Waals surface area contributed by atoms with Crippen molar-refractivity contribution in [1.82, 2.24) is 0 Å². The number of rotatable bonds is 8. The van der Waals surface area contributed by atoms with Crippen molar-refractivity contribution in [2.75, 3.05) is 9.80 Å². The van der Waals surface area contributed by atoms with Gasteiger partial charge in [-0.3, -0.25) is 0 Å². The van der Waals surface area contributed by atoms with E-state index in [0.29, 0.717) is 0 Å². The zero-order valence-electron chi connectivity index (χ0n) is 33.4. The molecule has 2 nitrogen and oxygen atoms in total. The summed E-state index contributed by atoms with van der Waals surface area (Å²) in [6.07, 6.45) is 11.6. The third-order valence-electron chi connectivity index (χ3n) is 12.5. The number of hydrogen-bond acceptors (Lipinski definition) is 2. The first-order valence-electron chi connectivity index (χ1n) is 21.1. The third-order valence-corrected chi connectivity index (χ3v) is 12.5. The summed E-state index contributed by atoms with van der Waals surface area (Å²) >= 11 is 0. The Balaban J connectivity index is 1.19. The van der Waals surface area contributed by atoms with Crippen LogP contribution in [-0.4, -0.2) is 6.04 Å². The van der Waals surface area contributed by atoms with Crippen molar-refractivity contribution in [3.63, 3.8) is 0 Å². The van der Waals surface area contributed by atoms with Crippen LogP contribution in [0.25, 0.3) is 44.8 Å². The summed E-state index contributed by atoms with van der Waals surface area (Å²) in [4.78, 5) is 4.92. The Labute approximate surface area is 352 Å². The van der Waals surface area contributed by atoms with Crippen LogP contribution in [0.3, 0.4) is 0 Å². The van der Waals surface area contributed by atoms with E-state index in [4.69, 9.17) is 0 Å². The van der Waals surface area contributed by atoms with Crippen LogP contribution in [0.2, 0.25) is 0 Å². The molecule has 60 heavy (non-hydrogen) atoms. The molecule has 0 aliphatic heterocycles. The monoisotopic (exact) mass is 768 g/mol. The second-order valence-electron chi connectivity index (χ2n) is 16.0. The predicted octanol–water partition coefficient (Wildman–Crippen LogP) is 15.3. The van der Waals surface area contributed by atoms with Crippen LogP contribution in [0.5, 0.6) is 0 Å². The molecule has 9 aromatic carbocycles. The van der Waals surface area contributed by atoms with Gasteiger partial charge in [-0.2, -0.15) is 0 Å². The van der Waals surface area contributed by atoms with Gasteiger partial charge in [0, 0.05) is 34.4 Å². The van der Waals surface area contributed by atoms with Crippen LogP contribution in [0.1, 0.15) is 33.7 Å². The van der Waals surface area contributed by atoms with Crippen molar-refractivity contribution in [3.8, 4) is 11.1 Å². The van der Waals surface area contributed by atoms with Crippen molar-refractivity contribution in [3.05, 3.63) is 246 Å². The lowest BCUT2D eigenvalue weighted by atomic mass is 9.74. The highest BCUT2D eigenvalue weighted by molar-refractivity contribution is 6.07. The zero-order valence-corrected chi connectivity index (χ0v) is 33.4. The van der Waals surface area contributed by atoms with Crippen LogP contribution < -0.4 is 9.80 Å². The lowest BCUT2D eigenvalue weighted by molar-refractivity contribution is 0.743. The Kier molecular flexibility index (Phi) is 9.17. The molecular formula is C58H44N2. The summed E-state index contributed by atoms with van der Waals surface area (Å²) in [7, 11) is 0. The van der Waals surface area contributed by atoms with Crippen molar-refractivity contribution in [2.24, 2.45) is 0 Å². The quantitative estimate of drug-likeness (QED) is 0.152. The Bertz CT molecular complexity index is 2960. The van der Waals surface area contributed by atoms with E-state index in [1.165, 1.54) is 71.9 Å². The number of benzene rings is 9. The summed E-state index contributed by atoms with van der Waals surface area (Å²) in [6, 6.07) is 75.3. The van der Waals surface area contributed by atoms with Gasteiger partial charge in [-0.25, -0.2) is 0 Å². The molecule has 2 heteroatoms. The molecule has 2 atom stereocenters. The lowest BCUT2D eigenvalue weighted by Gasteiger charge is -2.37. The number of nitrogens with zero attached hydrogens (tertiary/aromatic N) is 2. The van der Waals surface area contributed by atoms with Gasteiger partial charge >= 0.3 is 0 Å². The number of anilines is 5. The molecule has 11 rings (SSSR count). The SMILES string of the molecule is C1=CC(c2c3c(c(-c4ccc5ccccc5c4)c4cc(N(c5ccccc5)c5ccccc5)ccc24)C=CC(N(c2ccccc2)c2ccccc2)C3)Cc2ccccc21. The van der Waals surface area contributed by atoms with Crippen LogP contribution in [0.15, 0.2) is 218 Å². The molecular weight excluding hydrogens is 725 g/mol. The maximum Gasteiger partial charge on any atom is 0.0566 e. The highest BCUT2D eigenvalue weighted by Crippen LogP contribution is 2.48. The molecule has 2 unspecified atom stereocenters. The summed E-state index contributed by atoms with van der Waals surface area (Å²) in [5.74, 6) is 0.209. The Morgan fingerprint density at radius 3 is 1.70 bits per heavy atom. The molecule has 0 fully saturated rings. The average Bonchev–Trinajstić information content (AvgIpc) is 3.32. The molecule has 0 saturated carbocycles. The first kappa shape index (κ1) is 35.7. The number of hydrogen-bond donors (Lipinski definition) is 0. The Hall–Kier alpha value is -7.42. The third kappa shape index (κ3) is 6.47. The Morgan fingerprint density at radius 1 is 0.417 bits per heavy atom. The topological polar surface area (TPSA) is 6.48 Å². The molecule has 2 aliphatic carbocycles. The van der Waals surface area contributed by atoms with Crippen molar-refractivity contribution in [1.29, 1.82) is 0 Å². The molecule has 0 radical (unpaired) electrons. The Morgan fingerprint density at radius 2 is 1.02 bits per heavy atom. The van der Waals surface area contributed by atoms with E-state index in [1.54, 1.807) is 0 Å². The highest BCUT2D eigenvalue weighted by atomic mass is 15.2. The first-order valence-corrected chi connectivity index (χ1v) is 21.1. The number of fused-ring (bicyclic) bond motifs is 4. The lowest BCUT2D eigenvalue weighted by Crippen LogP contribution is -2.33. The molecule has 0 saturated heterocycles. The molecule has 0 amide bonds. The number of para-hydroxylation sites is 4. The fourth-order valence-corrected chi connectivity index (χ4v) is 9.78. The van der Waals surface area contributed by atoms with Gasteiger partial charge in [-0.15, -0.1) is 0 Å².